The molecule has 166 valence electrons. The van der Waals surface area contributed by atoms with Crippen molar-refractivity contribution in [3.63, 3.8) is 0 Å². The smallest absolute Gasteiger partial charge is 0.293 e. The lowest BCUT2D eigenvalue weighted by Gasteiger charge is -2.15. The summed E-state index contributed by atoms with van der Waals surface area (Å²) in [6.45, 7) is 3.61. The first-order valence-corrected chi connectivity index (χ1v) is 10.5. The molecule has 0 spiro atoms. The summed E-state index contributed by atoms with van der Waals surface area (Å²) in [7, 11) is 3.33. The van der Waals surface area contributed by atoms with Crippen molar-refractivity contribution in [2.75, 3.05) is 26.0 Å². The molecule has 3 aromatic rings. The van der Waals surface area contributed by atoms with Crippen molar-refractivity contribution in [3.8, 4) is 17.0 Å². The average Bonchev–Trinajstić information content (AvgIpc) is 2.76. The largest absolute Gasteiger partial charge is 0.484 e. The van der Waals surface area contributed by atoms with Crippen LogP contribution in [0.1, 0.15) is 21.7 Å². The third kappa shape index (κ3) is 5.55. The molecule has 2 amide bonds. The van der Waals surface area contributed by atoms with Gasteiger partial charge in [-0.25, -0.2) is 9.97 Å². The summed E-state index contributed by atoms with van der Waals surface area (Å²) in [6.07, 6.45) is 1.49. The Morgan fingerprint density at radius 2 is 1.75 bits per heavy atom. The van der Waals surface area contributed by atoms with Crippen LogP contribution in [0.15, 0.2) is 42.6 Å². The van der Waals surface area contributed by atoms with Crippen LogP contribution in [0, 0.1) is 13.8 Å². The Labute approximate surface area is 196 Å². The van der Waals surface area contributed by atoms with Gasteiger partial charge in [-0.1, -0.05) is 23.2 Å². The van der Waals surface area contributed by atoms with Crippen LogP contribution in [0.5, 0.6) is 5.75 Å². The third-order valence-corrected chi connectivity index (χ3v) is 5.23. The number of nitrogens with zero attached hydrogens (tertiary/aromatic N) is 3. The van der Waals surface area contributed by atoms with E-state index in [4.69, 9.17) is 27.9 Å². The van der Waals surface area contributed by atoms with E-state index in [1.165, 1.54) is 11.1 Å². The van der Waals surface area contributed by atoms with Crippen molar-refractivity contribution in [1.82, 2.24) is 14.9 Å². The molecule has 3 rings (SSSR count). The maximum Gasteiger partial charge on any atom is 0.293 e. The van der Waals surface area contributed by atoms with Gasteiger partial charge in [0.25, 0.3) is 11.8 Å². The lowest BCUT2D eigenvalue weighted by Crippen LogP contribution is -2.27. The van der Waals surface area contributed by atoms with Crippen LogP contribution >= 0.6 is 23.2 Å². The van der Waals surface area contributed by atoms with E-state index in [-0.39, 0.29) is 18.3 Å². The lowest BCUT2D eigenvalue weighted by atomic mass is 10.1. The minimum Gasteiger partial charge on any atom is -0.484 e. The predicted molar refractivity (Wildman–Crippen MR) is 126 cm³/mol. The first kappa shape index (κ1) is 23.5. The molecule has 1 aromatic heterocycles. The van der Waals surface area contributed by atoms with Gasteiger partial charge < -0.3 is 15.0 Å². The molecule has 0 radical (unpaired) electrons. The van der Waals surface area contributed by atoms with Crippen LogP contribution in [0.25, 0.3) is 11.3 Å². The molecule has 0 aliphatic heterocycles. The zero-order valence-electron chi connectivity index (χ0n) is 18.1. The summed E-state index contributed by atoms with van der Waals surface area (Å²) < 4.78 is 5.57. The number of rotatable bonds is 6. The van der Waals surface area contributed by atoms with Crippen molar-refractivity contribution in [3.05, 3.63) is 69.6 Å². The van der Waals surface area contributed by atoms with Crippen LogP contribution in [0.3, 0.4) is 0 Å². The molecular formula is C23H22Cl2N4O3. The summed E-state index contributed by atoms with van der Waals surface area (Å²) in [5.41, 5.74) is 3.27. The molecule has 7 nitrogen and oxygen atoms in total. The number of ether oxygens (including phenoxy) is 1. The van der Waals surface area contributed by atoms with E-state index in [0.29, 0.717) is 32.7 Å². The Bertz CT molecular complexity index is 1160. The minimum atomic E-state index is -0.465. The highest BCUT2D eigenvalue weighted by molar-refractivity contribution is 6.35. The number of amides is 2. The number of carbonyl (C=O) groups is 2. The lowest BCUT2D eigenvalue weighted by molar-refractivity contribution is -0.130. The first-order valence-electron chi connectivity index (χ1n) is 9.69. The molecule has 0 saturated carbocycles. The number of likely N-dealkylation sites (N-methyl/N-ethyl adjacent to an activating group) is 1. The van der Waals surface area contributed by atoms with E-state index >= 15 is 0 Å². The van der Waals surface area contributed by atoms with E-state index in [9.17, 15) is 9.59 Å². The van der Waals surface area contributed by atoms with E-state index < -0.39 is 5.91 Å². The van der Waals surface area contributed by atoms with Gasteiger partial charge in [-0.15, -0.1) is 0 Å². The molecule has 0 unspecified atom stereocenters. The van der Waals surface area contributed by atoms with Crippen molar-refractivity contribution in [1.29, 1.82) is 0 Å². The zero-order valence-corrected chi connectivity index (χ0v) is 19.6. The highest BCUT2D eigenvalue weighted by Crippen LogP contribution is 2.30. The van der Waals surface area contributed by atoms with Gasteiger partial charge in [0.05, 0.1) is 10.7 Å². The van der Waals surface area contributed by atoms with Gasteiger partial charge in [0.1, 0.15) is 5.75 Å². The summed E-state index contributed by atoms with van der Waals surface area (Å²) in [5, 5.41) is 3.83. The summed E-state index contributed by atoms with van der Waals surface area (Å²) in [4.78, 5) is 34.5. The van der Waals surface area contributed by atoms with E-state index in [0.717, 1.165) is 11.1 Å². The Hall–Kier alpha value is -3.16. The highest BCUT2D eigenvalue weighted by Gasteiger charge is 2.16. The fraction of sp³-hybridized carbons (Fsp3) is 0.217. The Morgan fingerprint density at radius 3 is 2.41 bits per heavy atom. The minimum absolute atomic E-state index is 0.00533. The highest BCUT2D eigenvalue weighted by atomic mass is 35.5. The number of nitrogens with one attached hydrogen (secondary N) is 1. The topological polar surface area (TPSA) is 84.4 Å². The number of anilines is 1. The number of hydrogen-bond acceptors (Lipinski definition) is 5. The van der Waals surface area contributed by atoms with Crippen LogP contribution in [0.4, 0.5) is 5.69 Å². The fourth-order valence-corrected chi connectivity index (χ4v) is 3.35. The van der Waals surface area contributed by atoms with E-state index in [2.05, 4.69) is 15.3 Å². The van der Waals surface area contributed by atoms with Crippen LogP contribution < -0.4 is 10.1 Å². The SMILES string of the molecule is Cc1cc(OCC(=O)N(C)C)cc(C)c1NC(=O)c1nccc(-c2cc(Cl)ccc2Cl)n1. The molecule has 0 aliphatic rings. The molecule has 0 fully saturated rings. The predicted octanol–water partition coefficient (Wildman–Crippen LogP) is 4.79. The maximum absolute atomic E-state index is 12.9. The molecule has 1 heterocycles. The standard InChI is InChI=1S/C23H22Cl2N4O3/c1-13-9-16(32-12-20(30)29(3)4)10-14(2)21(13)28-23(31)22-26-8-7-19(27-22)17-11-15(24)5-6-18(17)25/h5-11H,12H2,1-4H3,(H,28,31). The number of aryl methyl sites for hydroxylation is 2. The summed E-state index contributed by atoms with van der Waals surface area (Å²) in [5.74, 6) is -0.0709. The van der Waals surface area contributed by atoms with Crippen LogP contribution in [0.2, 0.25) is 10.0 Å². The van der Waals surface area contributed by atoms with E-state index in [1.54, 1.807) is 50.5 Å². The van der Waals surface area contributed by atoms with Gasteiger partial charge >= 0.3 is 0 Å². The molecule has 0 saturated heterocycles. The van der Waals surface area contributed by atoms with Gasteiger partial charge in [-0.05, 0) is 61.4 Å². The third-order valence-electron chi connectivity index (χ3n) is 4.67. The normalized spacial score (nSPS) is 10.6. The van der Waals surface area contributed by atoms with Gasteiger partial charge in [-0.2, -0.15) is 0 Å². The second-order valence-electron chi connectivity index (χ2n) is 7.35. The van der Waals surface area contributed by atoms with Crippen LogP contribution in [-0.4, -0.2) is 47.4 Å². The average molecular weight is 473 g/mol. The molecule has 0 aliphatic carbocycles. The van der Waals surface area contributed by atoms with E-state index in [1.807, 2.05) is 13.8 Å². The first-order chi connectivity index (χ1) is 15.2. The monoisotopic (exact) mass is 472 g/mol. The molecule has 1 N–H and O–H groups in total. The van der Waals surface area contributed by atoms with Crippen molar-refractivity contribution in [2.24, 2.45) is 0 Å². The fourth-order valence-electron chi connectivity index (χ4n) is 2.96. The van der Waals surface area contributed by atoms with Gasteiger partial charge in [-0.3, -0.25) is 9.59 Å². The second kappa shape index (κ2) is 9.97. The van der Waals surface area contributed by atoms with Gasteiger partial charge in [0.2, 0.25) is 5.82 Å². The quantitative estimate of drug-likeness (QED) is 0.557. The van der Waals surface area contributed by atoms with Gasteiger partial charge in [0, 0.05) is 36.6 Å². The van der Waals surface area contributed by atoms with Crippen molar-refractivity contribution >= 4 is 40.7 Å². The molecule has 32 heavy (non-hydrogen) atoms. The molecule has 2 aromatic carbocycles. The number of carbonyl (C=O) groups excluding carboxylic acids is 2. The van der Waals surface area contributed by atoms with Crippen LogP contribution in [-0.2, 0) is 4.79 Å². The maximum atomic E-state index is 12.9. The van der Waals surface area contributed by atoms with Gasteiger partial charge in [0.15, 0.2) is 6.61 Å². The van der Waals surface area contributed by atoms with Crippen molar-refractivity contribution in [2.45, 2.75) is 13.8 Å². The van der Waals surface area contributed by atoms with Crippen molar-refractivity contribution < 1.29 is 14.3 Å². The molecule has 0 bridgehead atoms. The Kier molecular flexibility index (Phi) is 7.33. The molecular weight excluding hydrogens is 451 g/mol. The molecule has 0 atom stereocenters. The summed E-state index contributed by atoms with van der Waals surface area (Å²) >= 11 is 12.3. The Balaban J connectivity index is 1.80. The zero-order chi connectivity index (χ0) is 23.4. The number of aromatic nitrogens is 2. The Morgan fingerprint density at radius 1 is 1.06 bits per heavy atom. The number of halogens is 2. The second-order valence-corrected chi connectivity index (χ2v) is 8.20. The number of benzene rings is 2. The molecule has 9 heteroatoms. The summed E-state index contributed by atoms with van der Waals surface area (Å²) in [6, 6.07) is 10.2. The number of hydrogen-bond donors (Lipinski definition) is 1.